The molecule has 0 atom stereocenters. The lowest BCUT2D eigenvalue weighted by atomic mass is 10.0. The molecule has 2 aromatic heterocycles. The van der Waals surface area contributed by atoms with E-state index in [9.17, 15) is 9.59 Å². The number of amides is 1. The van der Waals surface area contributed by atoms with E-state index < -0.39 is 5.97 Å². The maximum absolute atomic E-state index is 12.7. The molecule has 33 heavy (non-hydrogen) atoms. The summed E-state index contributed by atoms with van der Waals surface area (Å²) in [6, 6.07) is 7.39. The summed E-state index contributed by atoms with van der Waals surface area (Å²) in [5.74, 6) is 1.70. The minimum Gasteiger partial charge on any atom is -0.497 e. The van der Waals surface area contributed by atoms with E-state index in [1.54, 1.807) is 7.11 Å². The van der Waals surface area contributed by atoms with Crippen LogP contribution in [0.5, 0.6) is 5.75 Å². The Bertz CT molecular complexity index is 1140. The number of hydrogen-bond donors (Lipinski definition) is 1. The minimum absolute atomic E-state index is 0.170. The average molecular weight is 487 g/mol. The summed E-state index contributed by atoms with van der Waals surface area (Å²) in [5, 5.41) is 14.6. The summed E-state index contributed by atoms with van der Waals surface area (Å²) in [7, 11) is 2.93. The lowest BCUT2D eigenvalue weighted by Crippen LogP contribution is -2.16. The van der Waals surface area contributed by atoms with Gasteiger partial charge in [-0.1, -0.05) is 30.8 Å². The zero-order valence-corrected chi connectivity index (χ0v) is 20.4. The highest BCUT2D eigenvalue weighted by atomic mass is 32.2. The minimum atomic E-state index is -0.498. The molecule has 1 fully saturated rings. The largest absolute Gasteiger partial charge is 0.497 e. The van der Waals surface area contributed by atoms with Crippen molar-refractivity contribution in [1.29, 1.82) is 0 Å². The number of carbonyl (C=O) groups excluding carboxylic acids is 2. The summed E-state index contributed by atoms with van der Waals surface area (Å²) in [6.45, 7) is 2.95. The van der Waals surface area contributed by atoms with Gasteiger partial charge in [-0.15, -0.1) is 21.5 Å². The summed E-state index contributed by atoms with van der Waals surface area (Å²) in [5.41, 5.74) is 1.88. The number of anilines is 1. The predicted molar refractivity (Wildman–Crippen MR) is 129 cm³/mol. The van der Waals surface area contributed by atoms with Gasteiger partial charge >= 0.3 is 5.97 Å². The Kier molecular flexibility index (Phi) is 7.34. The number of rotatable bonds is 10. The Labute approximate surface area is 200 Å². The fourth-order valence-electron chi connectivity index (χ4n) is 3.51. The molecular weight excluding hydrogens is 460 g/mol. The third-order valence-electron chi connectivity index (χ3n) is 5.30. The Morgan fingerprint density at radius 2 is 1.97 bits per heavy atom. The zero-order valence-electron chi connectivity index (χ0n) is 18.8. The first-order valence-corrected chi connectivity index (χ1v) is 12.6. The van der Waals surface area contributed by atoms with E-state index >= 15 is 0 Å². The Hall–Kier alpha value is -2.85. The van der Waals surface area contributed by atoms with Crippen LogP contribution in [0.25, 0.3) is 11.1 Å². The molecule has 174 valence electrons. The van der Waals surface area contributed by atoms with Crippen molar-refractivity contribution in [3.05, 3.63) is 41.0 Å². The molecule has 1 amide bonds. The molecule has 2 heterocycles. The summed E-state index contributed by atoms with van der Waals surface area (Å²) >= 11 is 2.66. The fourth-order valence-corrected chi connectivity index (χ4v) is 5.26. The highest BCUT2D eigenvalue weighted by Gasteiger charge is 2.30. The van der Waals surface area contributed by atoms with Crippen LogP contribution >= 0.6 is 23.1 Å². The zero-order chi connectivity index (χ0) is 23.4. The molecule has 1 N–H and O–H groups in total. The van der Waals surface area contributed by atoms with Crippen LogP contribution in [0.15, 0.2) is 34.8 Å². The molecule has 10 heteroatoms. The van der Waals surface area contributed by atoms with Gasteiger partial charge in [0.1, 0.15) is 22.1 Å². The van der Waals surface area contributed by atoms with Crippen molar-refractivity contribution in [1.82, 2.24) is 14.8 Å². The first kappa shape index (κ1) is 23.3. The van der Waals surface area contributed by atoms with Gasteiger partial charge in [0.05, 0.1) is 20.0 Å². The molecule has 4 rings (SSSR count). The van der Waals surface area contributed by atoms with Crippen LogP contribution in [-0.2, 0) is 16.1 Å². The van der Waals surface area contributed by atoms with Crippen LogP contribution in [-0.4, -0.2) is 46.6 Å². The molecule has 0 radical (unpaired) electrons. The van der Waals surface area contributed by atoms with Crippen LogP contribution < -0.4 is 10.1 Å². The normalized spacial score (nSPS) is 13.1. The number of benzene rings is 1. The van der Waals surface area contributed by atoms with Crippen molar-refractivity contribution in [2.45, 2.75) is 43.8 Å². The number of nitrogens with one attached hydrogen (secondary N) is 1. The predicted octanol–water partition coefficient (Wildman–Crippen LogP) is 4.82. The molecule has 0 spiro atoms. The molecule has 1 aromatic carbocycles. The Morgan fingerprint density at radius 1 is 1.21 bits per heavy atom. The quantitative estimate of drug-likeness (QED) is 0.324. The van der Waals surface area contributed by atoms with Crippen molar-refractivity contribution in [2.75, 3.05) is 25.3 Å². The van der Waals surface area contributed by atoms with Gasteiger partial charge < -0.3 is 19.4 Å². The molecule has 0 bridgehead atoms. The first-order chi connectivity index (χ1) is 16.0. The molecule has 1 aliphatic rings. The van der Waals surface area contributed by atoms with Gasteiger partial charge in [-0.25, -0.2) is 4.79 Å². The van der Waals surface area contributed by atoms with Crippen LogP contribution in [0.1, 0.15) is 48.3 Å². The molecule has 0 aliphatic heterocycles. The molecule has 3 aromatic rings. The van der Waals surface area contributed by atoms with Crippen molar-refractivity contribution >= 4 is 40.0 Å². The smallest absolute Gasteiger partial charge is 0.341 e. The Morgan fingerprint density at radius 3 is 2.61 bits per heavy atom. The van der Waals surface area contributed by atoms with Crippen molar-refractivity contribution in [3.8, 4) is 16.9 Å². The van der Waals surface area contributed by atoms with Crippen LogP contribution in [0, 0.1) is 0 Å². The van der Waals surface area contributed by atoms with E-state index in [4.69, 9.17) is 9.47 Å². The number of hydrogen-bond acceptors (Lipinski definition) is 8. The standard InChI is InChI=1S/C23H26N4O4S2/c1-4-11-27-20(15-5-6-15)25-26-23(27)33-13-18(28)24-21-19(22(29)31-3)17(12-32-21)14-7-9-16(30-2)10-8-14/h7-10,12,15H,4-6,11,13H2,1-3H3,(H,24,28). The number of ether oxygens (including phenoxy) is 2. The van der Waals surface area contributed by atoms with Gasteiger partial charge in [-0.05, 0) is 37.0 Å². The van der Waals surface area contributed by atoms with Crippen LogP contribution in [0.3, 0.4) is 0 Å². The topological polar surface area (TPSA) is 95.3 Å². The van der Waals surface area contributed by atoms with Gasteiger partial charge in [0.25, 0.3) is 0 Å². The summed E-state index contributed by atoms with van der Waals surface area (Å²) < 4.78 is 12.3. The monoisotopic (exact) mass is 486 g/mol. The van der Waals surface area contributed by atoms with E-state index in [0.29, 0.717) is 22.0 Å². The number of thiophene rings is 1. The van der Waals surface area contributed by atoms with Crippen LogP contribution in [0.4, 0.5) is 5.00 Å². The van der Waals surface area contributed by atoms with E-state index in [-0.39, 0.29) is 11.7 Å². The van der Waals surface area contributed by atoms with Gasteiger partial charge in [0.15, 0.2) is 5.16 Å². The van der Waals surface area contributed by atoms with E-state index in [1.165, 1.54) is 30.2 Å². The highest BCUT2D eigenvalue weighted by Crippen LogP contribution is 2.40. The number of thioether (sulfide) groups is 1. The average Bonchev–Trinajstić information content (AvgIpc) is 3.48. The first-order valence-electron chi connectivity index (χ1n) is 10.8. The molecule has 0 unspecified atom stereocenters. The highest BCUT2D eigenvalue weighted by molar-refractivity contribution is 7.99. The molecule has 1 aliphatic carbocycles. The van der Waals surface area contributed by atoms with E-state index in [2.05, 4.69) is 27.0 Å². The van der Waals surface area contributed by atoms with E-state index in [0.717, 1.165) is 48.1 Å². The second kappa shape index (κ2) is 10.4. The van der Waals surface area contributed by atoms with Crippen molar-refractivity contribution in [2.24, 2.45) is 0 Å². The van der Waals surface area contributed by atoms with Crippen molar-refractivity contribution in [3.63, 3.8) is 0 Å². The molecule has 0 saturated heterocycles. The SMILES string of the molecule is CCCn1c(SCC(=O)Nc2scc(-c3ccc(OC)cc3)c2C(=O)OC)nnc1C1CC1. The molecule has 8 nitrogen and oxygen atoms in total. The second-order valence-electron chi connectivity index (χ2n) is 7.68. The molecular formula is C23H26N4O4S2. The maximum atomic E-state index is 12.7. The fraction of sp³-hybridized carbons (Fsp3) is 0.391. The number of esters is 1. The van der Waals surface area contributed by atoms with E-state index in [1.807, 2.05) is 29.6 Å². The van der Waals surface area contributed by atoms with Crippen LogP contribution in [0.2, 0.25) is 0 Å². The summed E-state index contributed by atoms with van der Waals surface area (Å²) in [4.78, 5) is 25.3. The van der Waals surface area contributed by atoms with Crippen molar-refractivity contribution < 1.29 is 19.1 Å². The lowest BCUT2D eigenvalue weighted by molar-refractivity contribution is -0.113. The number of carbonyl (C=O) groups is 2. The third-order valence-corrected chi connectivity index (χ3v) is 7.16. The lowest BCUT2D eigenvalue weighted by Gasteiger charge is -2.09. The molecule has 1 saturated carbocycles. The Balaban J connectivity index is 1.49. The van der Waals surface area contributed by atoms with Gasteiger partial charge in [0.2, 0.25) is 5.91 Å². The summed E-state index contributed by atoms with van der Waals surface area (Å²) in [6.07, 6.45) is 3.28. The third kappa shape index (κ3) is 5.22. The second-order valence-corrected chi connectivity index (χ2v) is 9.50. The number of aromatic nitrogens is 3. The number of nitrogens with zero attached hydrogens (tertiary/aromatic N) is 3. The number of methoxy groups -OCH3 is 2. The maximum Gasteiger partial charge on any atom is 0.341 e. The van der Waals surface area contributed by atoms with Gasteiger partial charge in [-0.3, -0.25) is 4.79 Å². The van der Waals surface area contributed by atoms with Gasteiger partial charge in [-0.2, -0.15) is 0 Å². The van der Waals surface area contributed by atoms with Gasteiger partial charge in [0, 0.05) is 23.4 Å².